The lowest BCUT2D eigenvalue weighted by Gasteiger charge is -2.12. The predicted molar refractivity (Wildman–Crippen MR) is 75.7 cm³/mol. The minimum Gasteiger partial charge on any atom is -0.493 e. The van der Waals surface area contributed by atoms with E-state index < -0.39 is 0 Å². The number of hydrogen-bond acceptors (Lipinski definition) is 5. The summed E-state index contributed by atoms with van der Waals surface area (Å²) in [7, 11) is 3.23. The van der Waals surface area contributed by atoms with E-state index in [0.29, 0.717) is 17.2 Å². The highest BCUT2D eigenvalue weighted by molar-refractivity contribution is 7.99. The smallest absolute Gasteiger partial charge is 0.162 e. The van der Waals surface area contributed by atoms with Crippen molar-refractivity contribution in [1.29, 1.82) is 0 Å². The van der Waals surface area contributed by atoms with Gasteiger partial charge in [-0.2, -0.15) is 0 Å². The maximum Gasteiger partial charge on any atom is 0.162 e. The Morgan fingerprint density at radius 3 is 2.50 bits per heavy atom. The number of nitrogens with two attached hydrogens (primary N) is 1. The number of benzene rings is 1. The summed E-state index contributed by atoms with van der Waals surface area (Å²) < 4.78 is 10.6. The fourth-order valence-electron chi connectivity index (χ4n) is 1.82. The topological polar surface area (TPSA) is 57.4 Å². The van der Waals surface area contributed by atoms with E-state index in [2.05, 4.69) is 11.9 Å². The van der Waals surface area contributed by atoms with Gasteiger partial charge in [0.1, 0.15) is 0 Å². The van der Waals surface area contributed by atoms with Crippen molar-refractivity contribution in [3.05, 3.63) is 18.3 Å². The summed E-state index contributed by atoms with van der Waals surface area (Å²) in [6.45, 7) is 2.09. The van der Waals surface area contributed by atoms with Crippen LogP contribution in [0.5, 0.6) is 11.5 Å². The van der Waals surface area contributed by atoms with Crippen LogP contribution in [0, 0.1) is 0 Å². The van der Waals surface area contributed by atoms with Gasteiger partial charge in [0, 0.05) is 16.3 Å². The van der Waals surface area contributed by atoms with E-state index in [1.165, 1.54) is 0 Å². The van der Waals surface area contributed by atoms with Crippen LogP contribution in [-0.2, 0) is 0 Å². The average Bonchev–Trinajstić information content (AvgIpc) is 2.40. The quantitative estimate of drug-likeness (QED) is 0.860. The minimum atomic E-state index is 0.676. The Kier molecular flexibility index (Phi) is 3.81. The Hall–Kier alpha value is -1.62. The molecule has 18 heavy (non-hydrogen) atoms. The number of ether oxygens (including phenoxy) is 2. The van der Waals surface area contributed by atoms with E-state index in [0.717, 1.165) is 21.6 Å². The summed E-state index contributed by atoms with van der Waals surface area (Å²) in [5.74, 6) is 2.32. The molecule has 0 unspecified atom stereocenters. The summed E-state index contributed by atoms with van der Waals surface area (Å²) in [4.78, 5) is 5.38. The molecule has 0 saturated heterocycles. The average molecular weight is 264 g/mol. The number of methoxy groups -OCH3 is 2. The minimum absolute atomic E-state index is 0.676. The second kappa shape index (κ2) is 5.35. The summed E-state index contributed by atoms with van der Waals surface area (Å²) >= 11 is 1.70. The summed E-state index contributed by atoms with van der Waals surface area (Å²) in [6.07, 6.45) is 1.69. The van der Waals surface area contributed by atoms with Crippen LogP contribution in [0.15, 0.2) is 23.2 Å². The van der Waals surface area contributed by atoms with E-state index in [-0.39, 0.29) is 0 Å². The maximum absolute atomic E-state index is 5.98. The number of fused-ring (bicyclic) bond motifs is 1. The Morgan fingerprint density at radius 1 is 1.22 bits per heavy atom. The lowest BCUT2D eigenvalue weighted by atomic mass is 10.2. The third-order valence-corrected chi connectivity index (χ3v) is 3.67. The van der Waals surface area contributed by atoms with Gasteiger partial charge in [0.15, 0.2) is 11.5 Å². The molecule has 0 aliphatic rings. The van der Waals surface area contributed by atoms with Gasteiger partial charge in [0.25, 0.3) is 0 Å². The van der Waals surface area contributed by atoms with Crippen LogP contribution in [0.4, 0.5) is 5.69 Å². The van der Waals surface area contributed by atoms with Crippen molar-refractivity contribution in [2.24, 2.45) is 0 Å². The zero-order valence-corrected chi connectivity index (χ0v) is 11.5. The van der Waals surface area contributed by atoms with Crippen molar-refractivity contribution >= 4 is 28.4 Å². The van der Waals surface area contributed by atoms with Crippen molar-refractivity contribution in [3.63, 3.8) is 0 Å². The van der Waals surface area contributed by atoms with E-state index in [1.807, 2.05) is 12.1 Å². The molecule has 2 N–H and O–H groups in total. The van der Waals surface area contributed by atoms with Gasteiger partial charge in [-0.25, -0.2) is 0 Å². The molecular formula is C13H16N2O2S. The maximum atomic E-state index is 5.98. The van der Waals surface area contributed by atoms with Crippen LogP contribution in [0.3, 0.4) is 0 Å². The molecule has 0 aliphatic heterocycles. The monoisotopic (exact) mass is 264 g/mol. The van der Waals surface area contributed by atoms with Gasteiger partial charge < -0.3 is 15.2 Å². The molecule has 1 heterocycles. The number of nitrogen functional groups attached to an aromatic ring is 1. The van der Waals surface area contributed by atoms with Crippen molar-refractivity contribution in [1.82, 2.24) is 4.98 Å². The molecule has 0 amide bonds. The van der Waals surface area contributed by atoms with E-state index in [1.54, 1.807) is 32.2 Å². The van der Waals surface area contributed by atoms with Gasteiger partial charge >= 0.3 is 0 Å². The molecule has 2 aromatic rings. The fraction of sp³-hybridized carbons (Fsp3) is 0.308. The lowest BCUT2D eigenvalue weighted by Crippen LogP contribution is -1.95. The lowest BCUT2D eigenvalue weighted by molar-refractivity contribution is 0.355. The van der Waals surface area contributed by atoms with Crippen LogP contribution < -0.4 is 15.2 Å². The van der Waals surface area contributed by atoms with E-state index >= 15 is 0 Å². The second-order valence-electron chi connectivity index (χ2n) is 3.70. The van der Waals surface area contributed by atoms with Gasteiger partial charge in [0.05, 0.1) is 31.6 Å². The first-order chi connectivity index (χ1) is 8.71. The van der Waals surface area contributed by atoms with E-state index in [9.17, 15) is 0 Å². The largest absolute Gasteiger partial charge is 0.493 e. The van der Waals surface area contributed by atoms with Gasteiger partial charge in [-0.1, -0.05) is 6.92 Å². The highest BCUT2D eigenvalue weighted by Crippen LogP contribution is 2.38. The molecule has 2 rings (SSSR count). The van der Waals surface area contributed by atoms with Crippen LogP contribution in [0.1, 0.15) is 6.92 Å². The van der Waals surface area contributed by atoms with Crippen LogP contribution in [0.2, 0.25) is 0 Å². The van der Waals surface area contributed by atoms with Crippen LogP contribution >= 0.6 is 11.8 Å². The number of rotatable bonds is 4. The van der Waals surface area contributed by atoms with Gasteiger partial charge in [-0.15, -0.1) is 11.8 Å². The first kappa shape index (κ1) is 12.8. The third-order valence-electron chi connectivity index (χ3n) is 2.64. The first-order valence-electron chi connectivity index (χ1n) is 5.64. The Labute approximate surface area is 110 Å². The third kappa shape index (κ3) is 2.18. The SMILES string of the molecule is CCSc1c(N)cnc2cc(OC)c(OC)cc12. The molecule has 0 radical (unpaired) electrons. The fourth-order valence-corrected chi connectivity index (χ4v) is 2.64. The summed E-state index contributed by atoms with van der Waals surface area (Å²) in [5, 5.41) is 1.000. The zero-order chi connectivity index (χ0) is 13.1. The normalized spacial score (nSPS) is 10.6. The molecule has 0 aliphatic carbocycles. The van der Waals surface area contributed by atoms with Crippen LogP contribution in [-0.4, -0.2) is 25.0 Å². The molecule has 5 heteroatoms. The number of anilines is 1. The van der Waals surface area contributed by atoms with Crippen LogP contribution in [0.25, 0.3) is 10.9 Å². The first-order valence-corrected chi connectivity index (χ1v) is 6.62. The number of thioether (sulfide) groups is 1. The molecule has 0 atom stereocenters. The van der Waals surface area contributed by atoms with Crippen molar-refractivity contribution < 1.29 is 9.47 Å². The van der Waals surface area contributed by atoms with Gasteiger partial charge in [-0.3, -0.25) is 4.98 Å². The summed E-state index contributed by atoms with van der Waals surface area (Å²) in [6, 6.07) is 3.79. The van der Waals surface area contributed by atoms with Gasteiger partial charge in [0.2, 0.25) is 0 Å². The molecular weight excluding hydrogens is 248 g/mol. The molecule has 0 fully saturated rings. The number of nitrogens with zero attached hydrogens (tertiary/aromatic N) is 1. The van der Waals surface area contributed by atoms with E-state index in [4.69, 9.17) is 15.2 Å². The predicted octanol–water partition coefficient (Wildman–Crippen LogP) is 2.95. The number of pyridine rings is 1. The Morgan fingerprint density at radius 2 is 1.89 bits per heavy atom. The molecule has 0 bridgehead atoms. The van der Waals surface area contributed by atoms with Crippen molar-refractivity contribution in [2.45, 2.75) is 11.8 Å². The molecule has 1 aromatic heterocycles. The Balaban J connectivity index is 2.72. The number of aromatic nitrogens is 1. The molecule has 0 spiro atoms. The van der Waals surface area contributed by atoms with Crippen molar-refractivity contribution in [2.75, 3.05) is 25.7 Å². The number of hydrogen-bond donors (Lipinski definition) is 1. The standard InChI is InChI=1S/C13H16N2O2S/c1-4-18-13-8-5-11(16-2)12(17-3)6-10(8)15-7-9(13)14/h5-7H,4,14H2,1-3H3. The highest BCUT2D eigenvalue weighted by atomic mass is 32.2. The second-order valence-corrected chi connectivity index (χ2v) is 4.97. The zero-order valence-electron chi connectivity index (χ0n) is 10.7. The molecule has 4 nitrogen and oxygen atoms in total. The van der Waals surface area contributed by atoms with Crippen molar-refractivity contribution in [3.8, 4) is 11.5 Å². The van der Waals surface area contributed by atoms with Gasteiger partial charge in [-0.05, 0) is 11.8 Å². The molecule has 96 valence electrons. The Bertz CT molecular complexity index is 572. The molecule has 1 aromatic carbocycles. The highest BCUT2D eigenvalue weighted by Gasteiger charge is 2.12. The summed E-state index contributed by atoms with van der Waals surface area (Å²) in [5.41, 5.74) is 7.53. The molecule has 0 saturated carbocycles.